The molecule has 1 heterocycles. The van der Waals surface area contributed by atoms with Gasteiger partial charge in [-0.1, -0.05) is 32.0 Å². The quantitative estimate of drug-likeness (QED) is 0.890. The van der Waals surface area contributed by atoms with Crippen molar-refractivity contribution >= 4 is 5.91 Å². The summed E-state index contributed by atoms with van der Waals surface area (Å²) in [6.45, 7) is 4.63. The number of hydrogen-bond acceptors (Lipinski definition) is 2. The van der Waals surface area contributed by atoms with Crippen LogP contribution in [0.4, 0.5) is 4.39 Å². The second-order valence-electron chi connectivity index (χ2n) is 4.58. The smallest absolute Gasteiger partial charge is 0.241 e. The number of nitrogens with zero attached hydrogens (tertiary/aromatic N) is 1. The summed E-state index contributed by atoms with van der Waals surface area (Å²) >= 11 is 0. The third-order valence-electron chi connectivity index (χ3n) is 3.32. The van der Waals surface area contributed by atoms with Gasteiger partial charge in [0.2, 0.25) is 5.91 Å². The van der Waals surface area contributed by atoms with Crippen molar-refractivity contribution in [1.82, 2.24) is 10.2 Å². The van der Waals surface area contributed by atoms with Crippen molar-refractivity contribution in [1.29, 1.82) is 0 Å². The van der Waals surface area contributed by atoms with E-state index in [1.165, 1.54) is 6.07 Å². The number of nitrogens with one attached hydrogen (secondary N) is 1. The van der Waals surface area contributed by atoms with E-state index in [4.69, 9.17) is 0 Å². The van der Waals surface area contributed by atoms with Crippen LogP contribution in [0, 0.1) is 5.82 Å². The fraction of sp³-hybridized carbons (Fsp3) is 0.500. The Bertz CT molecular complexity index is 436. The Kier molecular flexibility index (Phi) is 3.97. The van der Waals surface area contributed by atoms with E-state index >= 15 is 0 Å². The Morgan fingerprint density at radius 3 is 2.67 bits per heavy atom. The number of benzene rings is 1. The van der Waals surface area contributed by atoms with E-state index in [1.54, 1.807) is 23.1 Å². The monoisotopic (exact) mass is 250 g/mol. The van der Waals surface area contributed by atoms with Gasteiger partial charge in [-0.05, 0) is 18.9 Å². The van der Waals surface area contributed by atoms with Crippen LogP contribution in [0.25, 0.3) is 0 Å². The Morgan fingerprint density at radius 1 is 1.33 bits per heavy atom. The van der Waals surface area contributed by atoms with Gasteiger partial charge in [0.05, 0.1) is 6.04 Å². The number of halogens is 1. The molecule has 1 aliphatic rings. The van der Waals surface area contributed by atoms with Gasteiger partial charge in [-0.2, -0.15) is 0 Å². The molecular weight excluding hydrogens is 231 g/mol. The van der Waals surface area contributed by atoms with Crippen molar-refractivity contribution in [3.8, 4) is 0 Å². The average Bonchev–Trinajstić information content (AvgIpc) is 2.68. The Hall–Kier alpha value is -1.42. The zero-order valence-electron chi connectivity index (χ0n) is 10.8. The van der Waals surface area contributed by atoms with Gasteiger partial charge >= 0.3 is 0 Å². The maximum atomic E-state index is 13.8. The van der Waals surface area contributed by atoms with Gasteiger partial charge in [0.15, 0.2) is 0 Å². The van der Waals surface area contributed by atoms with Crippen LogP contribution in [0.3, 0.4) is 0 Å². The maximum absolute atomic E-state index is 13.8. The van der Waals surface area contributed by atoms with Crippen LogP contribution in [0.2, 0.25) is 0 Å². The summed E-state index contributed by atoms with van der Waals surface area (Å²) in [5, 5.41) is 3.22. The molecule has 1 aliphatic heterocycles. The van der Waals surface area contributed by atoms with Crippen molar-refractivity contribution in [2.75, 3.05) is 6.54 Å². The van der Waals surface area contributed by atoms with E-state index in [2.05, 4.69) is 5.32 Å². The molecule has 0 saturated carbocycles. The molecule has 1 fully saturated rings. The molecule has 2 rings (SSSR count). The van der Waals surface area contributed by atoms with Gasteiger partial charge in [0, 0.05) is 12.1 Å². The van der Waals surface area contributed by atoms with Crippen LogP contribution in [0.1, 0.15) is 38.4 Å². The van der Waals surface area contributed by atoms with Crippen LogP contribution < -0.4 is 5.32 Å². The number of carbonyl (C=O) groups is 1. The zero-order valence-corrected chi connectivity index (χ0v) is 10.8. The molecule has 0 bridgehead atoms. The van der Waals surface area contributed by atoms with Crippen LogP contribution in [0.5, 0.6) is 0 Å². The van der Waals surface area contributed by atoms with Gasteiger partial charge in [0.25, 0.3) is 0 Å². The number of carbonyl (C=O) groups excluding carboxylic acids is 1. The first-order chi connectivity index (χ1) is 8.69. The molecule has 0 radical (unpaired) electrons. The van der Waals surface area contributed by atoms with E-state index < -0.39 is 0 Å². The molecule has 1 aromatic carbocycles. The summed E-state index contributed by atoms with van der Waals surface area (Å²) in [6, 6.07) is 6.44. The van der Waals surface area contributed by atoms with Crippen LogP contribution in [0.15, 0.2) is 24.3 Å². The van der Waals surface area contributed by atoms with Crippen molar-refractivity contribution in [2.45, 2.75) is 38.9 Å². The maximum Gasteiger partial charge on any atom is 0.241 e. The SMILES string of the molecule is CCCN1C(=O)C(CC)NC1c1ccccc1F. The van der Waals surface area contributed by atoms with Crippen molar-refractivity contribution in [3.05, 3.63) is 35.6 Å². The summed E-state index contributed by atoms with van der Waals surface area (Å²) in [6.07, 6.45) is 1.27. The number of amides is 1. The fourth-order valence-electron chi connectivity index (χ4n) is 2.41. The molecule has 0 aliphatic carbocycles. The van der Waals surface area contributed by atoms with E-state index in [9.17, 15) is 9.18 Å². The van der Waals surface area contributed by atoms with E-state index in [0.29, 0.717) is 12.1 Å². The molecule has 2 unspecified atom stereocenters. The Balaban J connectivity index is 2.31. The second-order valence-corrected chi connectivity index (χ2v) is 4.58. The van der Waals surface area contributed by atoms with Crippen molar-refractivity contribution < 1.29 is 9.18 Å². The molecule has 18 heavy (non-hydrogen) atoms. The second kappa shape index (κ2) is 5.48. The first-order valence-corrected chi connectivity index (χ1v) is 6.50. The summed E-state index contributed by atoms with van der Waals surface area (Å²) in [4.78, 5) is 13.9. The van der Waals surface area contributed by atoms with Crippen molar-refractivity contribution in [3.63, 3.8) is 0 Å². The van der Waals surface area contributed by atoms with Crippen molar-refractivity contribution in [2.24, 2.45) is 0 Å². The predicted molar refractivity (Wildman–Crippen MR) is 68.4 cm³/mol. The lowest BCUT2D eigenvalue weighted by Gasteiger charge is -2.24. The van der Waals surface area contributed by atoms with Gasteiger partial charge in [-0.3, -0.25) is 10.1 Å². The highest BCUT2D eigenvalue weighted by Crippen LogP contribution is 2.28. The number of hydrogen-bond donors (Lipinski definition) is 1. The summed E-state index contributed by atoms with van der Waals surface area (Å²) in [5.74, 6) is -0.187. The van der Waals surface area contributed by atoms with Gasteiger partial charge < -0.3 is 4.90 Å². The Morgan fingerprint density at radius 2 is 2.06 bits per heavy atom. The predicted octanol–water partition coefficient (Wildman–Crippen LogP) is 2.44. The molecule has 0 aromatic heterocycles. The molecule has 1 saturated heterocycles. The molecule has 3 nitrogen and oxygen atoms in total. The van der Waals surface area contributed by atoms with Gasteiger partial charge in [0.1, 0.15) is 12.0 Å². The minimum atomic E-state index is -0.330. The average molecular weight is 250 g/mol. The third-order valence-corrected chi connectivity index (χ3v) is 3.32. The normalized spacial score (nSPS) is 23.7. The van der Waals surface area contributed by atoms with Crippen LogP contribution in [-0.2, 0) is 4.79 Å². The summed E-state index contributed by atoms with van der Waals surface area (Å²) in [5.41, 5.74) is 0.551. The first kappa shape index (κ1) is 13.0. The van der Waals surface area contributed by atoms with E-state index in [0.717, 1.165) is 12.8 Å². The lowest BCUT2D eigenvalue weighted by atomic mass is 10.1. The minimum Gasteiger partial charge on any atom is -0.321 e. The molecule has 1 amide bonds. The van der Waals surface area contributed by atoms with Crippen LogP contribution in [-0.4, -0.2) is 23.4 Å². The zero-order chi connectivity index (χ0) is 13.1. The largest absolute Gasteiger partial charge is 0.321 e. The third kappa shape index (κ3) is 2.25. The molecule has 2 atom stereocenters. The molecular formula is C14H19FN2O. The molecule has 1 aromatic rings. The van der Waals surface area contributed by atoms with Gasteiger partial charge in [-0.25, -0.2) is 4.39 Å². The highest BCUT2D eigenvalue weighted by molar-refractivity contribution is 5.84. The number of rotatable bonds is 4. The summed E-state index contributed by atoms with van der Waals surface area (Å²) < 4.78 is 13.8. The topological polar surface area (TPSA) is 32.3 Å². The van der Waals surface area contributed by atoms with E-state index in [1.807, 2.05) is 13.8 Å². The molecule has 4 heteroatoms. The standard InChI is InChI=1S/C14H19FN2O/c1-3-9-17-13(16-12(4-2)14(17)18)10-7-5-6-8-11(10)15/h5-8,12-13,16H,3-4,9H2,1-2H3. The minimum absolute atomic E-state index is 0.0765. The molecule has 0 spiro atoms. The highest BCUT2D eigenvalue weighted by atomic mass is 19.1. The lowest BCUT2D eigenvalue weighted by molar-refractivity contribution is -0.130. The van der Waals surface area contributed by atoms with Crippen LogP contribution >= 0.6 is 0 Å². The van der Waals surface area contributed by atoms with E-state index in [-0.39, 0.29) is 23.9 Å². The first-order valence-electron chi connectivity index (χ1n) is 6.50. The Labute approximate surface area is 107 Å². The molecule has 1 N–H and O–H groups in total. The highest BCUT2D eigenvalue weighted by Gasteiger charge is 2.38. The molecule has 98 valence electrons. The lowest BCUT2D eigenvalue weighted by Crippen LogP contribution is -2.31. The summed E-state index contributed by atoms with van der Waals surface area (Å²) in [7, 11) is 0. The van der Waals surface area contributed by atoms with Gasteiger partial charge in [-0.15, -0.1) is 0 Å². The fourth-order valence-corrected chi connectivity index (χ4v) is 2.41.